The second kappa shape index (κ2) is 8.99. The molecule has 2 heteroatoms. The maximum Gasteiger partial charge on any atom is 0.130 e. The van der Waals surface area contributed by atoms with Gasteiger partial charge in [-0.05, 0) is 47.9 Å². The fourth-order valence-corrected chi connectivity index (χ4v) is 2.46. The highest BCUT2D eigenvalue weighted by Gasteiger charge is 2.17. The Labute approximate surface area is 136 Å². The van der Waals surface area contributed by atoms with Crippen LogP contribution in [-0.4, -0.2) is 18.3 Å². The molecule has 0 aliphatic heterocycles. The molecular weight excluding hydrogens is 272 g/mol. The van der Waals surface area contributed by atoms with Crippen molar-refractivity contribution in [1.82, 2.24) is 0 Å². The van der Waals surface area contributed by atoms with Crippen molar-refractivity contribution in [2.45, 2.75) is 66.2 Å². The van der Waals surface area contributed by atoms with Crippen LogP contribution in [0.25, 0.3) is 5.57 Å². The van der Waals surface area contributed by atoms with Crippen LogP contribution in [0.2, 0.25) is 0 Å². The van der Waals surface area contributed by atoms with Crippen molar-refractivity contribution in [2.24, 2.45) is 0 Å². The minimum absolute atomic E-state index is 0.0587. The lowest BCUT2D eigenvalue weighted by molar-refractivity contribution is 0.304. The second-order valence-electron chi connectivity index (χ2n) is 6.57. The van der Waals surface area contributed by atoms with Crippen LogP contribution in [0.3, 0.4) is 0 Å². The average molecular weight is 304 g/mol. The molecule has 1 aromatic carbocycles. The number of aliphatic hydroxyl groups is 1. The third kappa shape index (κ3) is 4.88. The first kappa shape index (κ1) is 18.8. The molecule has 2 nitrogen and oxygen atoms in total. The third-order valence-corrected chi connectivity index (χ3v) is 4.00. The Morgan fingerprint density at radius 2 is 1.86 bits per heavy atom. The Hall–Kier alpha value is -1.28. The summed E-state index contributed by atoms with van der Waals surface area (Å²) >= 11 is 0. The minimum Gasteiger partial charge on any atom is -0.493 e. The van der Waals surface area contributed by atoms with Gasteiger partial charge in [-0.2, -0.15) is 0 Å². The van der Waals surface area contributed by atoms with Crippen molar-refractivity contribution >= 4 is 5.57 Å². The number of rotatable bonds is 8. The monoisotopic (exact) mass is 304 g/mol. The number of hydrogen-bond donors (Lipinski definition) is 1. The van der Waals surface area contributed by atoms with E-state index in [1.807, 2.05) is 13.0 Å². The molecule has 0 aliphatic rings. The fourth-order valence-electron chi connectivity index (χ4n) is 2.46. The van der Waals surface area contributed by atoms with E-state index < -0.39 is 0 Å². The molecule has 0 bridgehead atoms. The van der Waals surface area contributed by atoms with Crippen LogP contribution in [0.4, 0.5) is 0 Å². The number of benzene rings is 1. The van der Waals surface area contributed by atoms with Crippen molar-refractivity contribution < 1.29 is 9.84 Å². The lowest BCUT2D eigenvalue weighted by atomic mass is 9.89. The molecule has 0 unspecified atom stereocenters. The van der Waals surface area contributed by atoms with Crippen LogP contribution < -0.4 is 4.74 Å². The zero-order valence-corrected chi connectivity index (χ0v) is 15.1. The Kier molecular flexibility index (Phi) is 7.67. The average Bonchev–Trinajstić information content (AvgIpc) is 2.47. The van der Waals surface area contributed by atoms with Crippen LogP contribution in [0.15, 0.2) is 18.2 Å². The molecule has 0 radical (unpaired) electrons. The summed E-state index contributed by atoms with van der Waals surface area (Å²) in [7, 11) is 0. The fraction of sp³-hybridized carbons (Fsp3) is 0.600. The number of aliphatic hydroxyl groups excluding tert-OH is 1. The van der Waals surface area contributed by atoms with E-state index in [2.05, 4.69) is 46.8 Å². The highest BCUT2D eigenvalue weighted by atomic mass is 16.5. The van der Waals surface area contributed by atoms with E-state index in [0.717, 1.165) is 36.3 Å². The zero-order chi connectivity index (χ0) is 16.7. The number of hydrogen-bond acceptors (Lipinski definition) is 2. The summed E-state index contributed by atoms with van der Waals surface area (Å²) in [6.07, 6.45) is 4.05. The number of ether oxygens (including phenoxy) is 1. The molecule has 0 spiro atoms. The molecule has 1 N–H and O–H groups in total. The molecule has 0 aromatic heterocycles. The van der Waals surface area contributed by atoms with Crippen molar-refractivity contribution in [1.29, 1.82) is 0 Å². The summed E-state index contributed by atoms with van der Waals surface area (Å²) < 4.78 is 6.15. The summed E-state index contributed by atoms with van der Waals surface area (Å²) in [6.45, 7) is 13.9. The van der Waals surface area contributed by atoms with Crippen molar-refractivity contribution in [3.63, 3.8) is 0 Å². The van der Waals surface area contributed by atoms with Gasteiger partial charge < -0.3 is 9.84 Å². The maximum atomic E-state index is 9.24. The zero-order valence-electron chi connectivity index (χ0n) is 15.1. The lowest BCUT2D eigenvalue weighted by Gasteiger charge is -2.21. The van der Waals surface area contributed by atoms with Crippen LogP contribution in [0.5, 0.6) is 5.75 Å². The molecule has 1 rings (SSSR count). The van der Waals surface area contributed by atoms with E-state index in [-0.39, 0.29) is 6.61 Å². The summed E-state index contributed by atoms with van der Waals surface area (Å²) in [5.74, 6) is 1.88. The topological polar surface area (TPSA) is 29.5 Å². The van der Waals surface area contributed by atoms with Gasteiger partial charge in [0.25, 0.3) is 0 Å². The molecule has 1 aromatic rings. The SMILES string of the molecule is CCCCOc1c(/C(C)=C\CO)cc(C(C)C)cc1C(C)C. The van der Waals surface area contributed by atoms with Gasteiger partial charge in [0.1, 0.15) is 5.75 Å². The quantitative estimate of drug-likeness (QED) is 0.642. The van der Waals surface area contributed by atoms with E-state index in [9.17, 15) is 5.11 Å². The van der Waals surface area contributed by atoms with E-state index in [4.69, 9.17) is 4.74 Å². The molecule has 124 valence electrons. The molecule has 22 heavy (non-hydrogen) atoms. The summed E-state index contributed by atoms with van der Waals surface area (Å²) in [6, 6.07) is 4.51. The lowest BCUT2D eigenvalue weighted by Crippen LogP contribution is -2.06. The molecule has 0 saturated heterocycles. The largest absolute Gasteiger partial charge is 0.493 e. The van der Waals surface area contributed by atoms with Gasteiger partial charge in [-0.1, -0.05) is 53.2 Å². The van der Waals surface area contributed by atoms with Crippen LogP contribution in [0, 0.1) is 0 Å². The van der Waals surface area contributed by atoms with Crippen molar-refractivity contribution in [3.8, 4) is 5.75 Å². The van der Waals surface area contributed by atoms with Gasteiger partial charge in [0.15, 0.2) is 0 Å². The Balaban J connectivity index is 3.41. The predicted octanol–water partition coefficient (Wildman–Crippen LogP) is 5.51. The first-order chi connectivity index (χ1) is 10.4. The Morgan fingerprint density at radius 1 is 1.18 bits per heavy atom. The molecule has 0 fully saturated rings. The van der Waals surface area contributed by atoms with Gasteiger partial charge in [-0.3, -0.25) is 0 Å². The second-order valence-corrected chi connectivity index (χ2v) is 6.57. The first-order valence-electron chi connectivity index (χ1n) is 8.50. The smallest absolute Gasteiger partial charge is 0.130 e. The van der Waals surface area contributed by atoms with Gasteiger partial charge in [-0.25, -0.2) is 0 Å². The molecule has 0 aliphatic carbocycles. The van der Waals surface area contributed by atoms with E-state index >= 15 is 0 Å². The van der Waals surface area contributed by atoms with Crippen LogP contribution >= 0.6 is 0 Å². The van der Waals surface area contributed by atoms with E-state index in [0.29, 0.717) is 11.8 Å². The Morgan fingerprint density at radius 3 is 2.36 bits per heavy atom. The van der Waals surface area contributed by atoms with Crippen LogP contribution in [0.1, 0.15) is 82.9 Å². The summed E-state index contributed by atoms with van der Waals surface area (Å²) in [5.41, 5.74) is 4.80. The summed E-state index contributed by atoms with van der Waals surface area (Å²) in [5, 5.41) is 9.24. The van der Waals surface area contributed by atoms with Crippen molar-refractivity contribution in [2.75, 3.05) is 13.2 Å². The highest BCUT2D eigenvalue weighted by Crippen LogP contribution is 2.37. The van der Waals surface area contributed by atoms with E-state index in [1.54, 1.807) is 0 Å². The third-order valence-electron chi connectivity index (χ3n) is 4.00. The number of allylic oxidation sites excluding steroid dienone is 1. The van der Waals surface area contributed by atoms with Gasteiger partial charge in [0, 0.05) is 5.56 Å². The first-order valence-corrected chi connectivity index (χ1v) is 8.50. The number of unbranched alkanes of at least 4 members (excludes halogenated alkanes) is 1. The standard InChI is InChI=1S/C20H32O2/c1-7-8-11-22-20-18(15(4)5)12-17(14(2)3)13-19(20)16(6)9-10-21/h9,12-15,21H,7-8,10-11H2,1-6H3/b16-9-. The van der Waals surface area contributed by atoms with Gasteiger partial charge >= 0.3 is 0 Å². The molecule has 0 heterocycles. The minimum atomic E-state index is 0.0587. The highest BCUT2D eigenvalue weighted by molar-refractivity contribution is 5.72. The van der Waals surface area contributed by atoms with Gasteiger partial charge in [0.2, 0.25) is 0 Å². The van der Waals surface area contributed by atoms with Gasteiger partial charge in [-0.15, -0.1) is 0 Å². The van der Waals surface area contributed by atoms with E-state index in [1.165, 1.54) is 11.1 Å². The molecule has 0 atom stereocenters. The molecule has 0 amide bonds. The van der Waals surface area contributed by atoms with Crippen molar-refractivity contribution in [3.05, 3.63) is 34.9 Å². The van der Waals surface area contributed by atoms with Crippen LogP contribution in [-0.2, 0) is 0 Å². The maximum absolute atomic E-state index is 9.24. The Bertz CT molecular complexity index is 499. The normalized spacial score (nSPS) is 12.3. The molecule has 0 saturated carbocycles. The summed E-state index contributed by atoms with van der Waals surface area (Å²) in [4.78, 5) is 0. The molecular formula is C20H32O2. The predicted molar refractivity (Wildman–Crippen MR) is 95.8 cm³/mol. The van der Waals surface area contributed by atoms with Gasteiger partial charge in [0.05, 0.1) is 13.2 Å².